The first-order chi connectivity index (χ1) is 32.0. The summed E-state index contributed by atoms with van der Waals surface area (Å²) >= 11 is 0. The Balaban J connectivity index is 0.725. The van der Waals surface area contributed by atoms with Crippen LogP contribution in [-0.4, -0.2) is 135 Å². The number of aromatic nitrogens is 4. The topological polar surface area (TPSA) is 158 Å². The smallest absolute Gasteiger partial charge is 0.325 e. The number of rotatable bonds is 13. The third-order valence-corrected chi connectivity index (χ3v) is 12.9. The molecule has 4 aliphatic heterocycles. The van der Waals surface area contributed by atoms with Crippen molar-refractivity contribution in [3.8, 4) is 40.0 Å². The number of nitrogens with zero attached hydrogens (tertiary/aromatic N) is 8. The number of hydrogen-bond donors (Lipinski definition) is 2. The van der Waals surface area contributed by atoms with Crippen LogP contribution in [0.2, 0.25) is 0 Å². The third kappa shape index (κ3) is 10.2. The van der Waals surface area contributed by atoms with Crippen molar-refractivity contribution in [3.05, 3.63) is 90.4 Å². The van der Waals surface area contributed by atoms with Gasteiger partial charge in [0.1, 0.15) is 35.6 Å². The summed E-state index contributed by atoms with van der Waals surface area (Å²) in [5, 5.41) is 18.0. The summed E-state index contributed by atoms with van der Waals surface area (Å²) in [7, 11) is 0. The van der Waals surface area contributed by atoms with Gasteiger partial charge in [0.15, 0.2) is 0 Å². The quantitative estimate of drug-likeness (QED) is 0.113. The summed E-state index contributed by atoms with van der Waals surface area (Å²) in [6.45, 7) is 7.79. The van der Waals surface area contributed by atoms with Crippen LogP contribution in [-0.2, 0) is 20.9 Å². The Morgan fingerprint density at radius 3 is 2.45 bits per heavy atom. The second kappa shape index (κ2) is 19.6. The van der Waals surface area contributed by atoms with Gasteiger partial charge in [-0.25, -0.2) is 18.6 Å². The number of amides is 4. The number of fused-ring (bicyclic) bond motifs is 1. The van der Waals surface area contributed by atoms with Crippen molar-refractivity contribution < 1.29 is 37.7 Å². The average Bonchev–Trinajstić information content (AvgIpc) is 3.97. The molecule has 2 unspecified atom stereocenters. The van der Waals surface area contributed by atoms with Crippen molar-refractivity contribution in [1.29, 1.82) is 0 Å². The molecule has 4 amide bonds. The van der Waals surface area contributed by atoms with E-state index in [4.69, 9.17) is 19.6 Å². The number of likely N-dealkylation sites (tertiary alicyclic amines) is 1. The van der Waals surface area contributed by atoms with Crippen LogP contribution < -0.4 is 15.0 Å². The number of morpholine rings is 1. The molecule has 3 aromatic carbocycles. The molecule has 2 N–H and O–H groups in total. The van der Waals surface area contributed by atoms with E-state index in [2.05, 4.69) is 27.0 Å². The zero-order valence-electron chi connectivity index (χ0n) is 36.9. The summed E-state index contributed by atoms with van der Waals surface area (Å²) < 4.78 is 44.0. The zero-order chi connectivity index (χ0) is 45.8. The number of halogens is 2. The molecular weight excluding hydrogens is 849 g/mol. The number of ether oxygens (including phenoxy) is 2. The number of urea groups is 1. The normalized spacial score (nSPS) is 19.8. The van der Waals surface area contributed by atoms with E-state index in [1.807, 2.05) is 34.0 Å². The molecule has 4 aliphatic rings. The Morgan fingerprint density at radius 2 is 1.70 bits per heavy atom. The van der Waals surface area contributed by atoms with Gasteiger partial charge in [0.05, 0.1) is 48.4 Å². The molecule has 66 heavy (non-hydrogen) atoms. The summed E-state index contributed by atoms with van der Waals surface area (Å²) in [4.78, 5) is 54.0. The molecule has 0 radical (unpaired) electrons. The third-order valence-electron chi connectivity index (χ3n) is 12.9. The molecule has 4 saturated heterocycles. The Hall–Kier alpha value is -6.32. The Labute approximate surface area is 381 Å². The van der Waals surface area contributed by atoms with Gasteiger partial charge >= 0.3 is 6.03 Å². The van der Waals surface area contributed by atoms with E-state index in [0.717, 1.165) is 44.5 Å². The first-order valence-corrected chi connectivity index (χ1v) is 22.7. The standard InChI is InChI=1S/C49H53F2N9O6/c1-49(64,16-4-24-66-37-9-7-35(8-10-37)58-20-21-59(48(58)63)44-11-12-45(61)55-47(44)62)15-3-17-56-18-13-36(14-19-56)60-31-34(29-53-60)43-30-52-42-6-2-5-38(46(42)54-43)33-27-40(50)39(41(51)28-33)32-57-22-25-65-26-23-57/h2,5-10,27-31,36,44,64H,3,11-15,17-26,32H2,1H3,(H,55,61,62). The molecule has 2 atom stereocenters. The molecule has 6 heterocycles. The SMILES string of the molecule is CC(O)(C#CCOc1ccc(N2CCN(C3CCC(=O)NC3=O)C2=O)cc1)CCCN1CCC(n2cc(-c3cnc4cccc(-c5cc(F)c(CN6CCOCC6)c(F)c5)c4n3)cn2)CC1. The van der Waals surface area contributed by atoms with Crippen LogP contribution in [0.15, 0.2) is 73.2 Å². The number of carbonyl (C=O) groups excluding carboxylic acids is 3. The van der Waals surface area contributed by atoms with Crippen molar-refractivity contribution in [3.63, 3.8) is 0 Å². The first kappa shape index (κ1) is 44.9. The van der Waals surface area contributed by atoms with Crippen molar-refractivity contribution in [2.45, 2.75) is 69.7 Å². The number of anilines is 1. The van der Waals surface area contributed by atoms with Crippen LogP contribution in [0.4, 0.5) is 19.3 Å². The number of carbonyl (C=O) groups is 3. The maximum atomic E-state index is 15.4. The number of para-hydroxylation sites is 1. The lowest BCUT2D eigenvalue weighted by molar-refractivity contribution is -0.136. The molecule has 9 rings (SSSR count). The van der Waals surface area contributed by atoms with Crippen molar-refractivity contribution in [1.82, 2.24) is 39.8 Å². The minimum absolute atomic E-state index is 0.0501. The lowest BCUT2D eigenvalue weighted by Gasteiger charge is -2.32. The van der Waals surface area contributed by atoms with Crippen LogP contribution in [0.5, 0.6) is 5.75 Å². The monoisotopic (exact) mass is 901 g/mol. The molecule has 17 heteroatoms. The predicted molar refractivity (Wildman–Crippen MR) is 242 cm³/mol. The maximum absolute atomic E-state index is 15.4. The van der Waals surface area contributed by atoms with E-state index >= 15 is 8.78 Å². The highest BCUT2D eigenvalue weighted by molar-refractivity contribution is 6.04. The van der Waals surface area contributed by atoms with E-state index < -0.39 is 29.2 Å². The summed E-state index contributed by atoms with van der Waals surface area (Å²) in [6, 6.07) is 14.6. The molecule has 0 bridgehead atoms. The van der Waals surface area contributed by atoms with Crippen LogP contribution >= 0.6 is 0 Å². The fourth-order valence-electron chi connectivity index (χ4n) is 9.21. The van der Waals surface area contributed by atoms with Crippen LogP contribution in [0, 0.1) is 23.5 Å². The zero-order valence-corrected chi connectivity index (χ0v) is 36.9. The van der Waals surface area contributed by atoms with Crippen molar-refractivity contribution in [2.75, 3.05) is 70.5 Å². The van der Waals surface area contributed by atoms with E-state index in [9.17, 15) is 19.5 Å². The molecule has 4 fully saturated rings. The minimum Gasteiger partial charge on any atom is -0.481 e. The molecule has 5 aromatic rings. The number of hydrogen-bond acceptors (Lipinski definition) is 11. The highest BCUT2D eigenvalue weighted by atomic mass is 19.1. The van der Waals surface area contributed by atoms with Gasteiger partial charge in [0.2, 0.25) is 11.8 Å². The number of imide groups is 1. The van der Waals surface area contributed by atoms with Gasteiger partial charge in [0.25, 0.3) is 0 Å². The van der Waals surface area contributed by atoms with Crippen LogP contribution in [0.1, 0.15) is 57.1 Å². The molecule has 0 spiro atoms. The molecular formula is C49H53F2N9O6. The van der Waals surface area contributed by atoms with Crippen molar-refractivity contribution in [2.24, 2.45) is 0 Å². The summed E-state index contributed by atoms with van der Waals surface area (Å²) in [5.41, 5.74) is 3.17. The van der Waals surface area contributed by atoms with Gasteiger partial charge in [0, 0.05) is 80.8 Å². The maximum Gasteiger partial charge on any atom is 0.325 e. The average molecular weight is 902 g/mol. The van der Waals surface area contributed by atoms with Gasteiger partial charge in [-0.2, -0.15) is 5.10 Å². The minimum atomic E-state index is -1.17. The lowest BCUT2D eigenvalue weighted by Crippen LogP contribution is -2.53. The predicted octanol–water partition coefficient (Wildman–Crippen LogP) is 5.57. The molecule has 15 nitrogen and oxygen atoms in total. The molecule has 344 valence electrons. The van der Waals surface area contributed by atoms with Crippen LogP contribution in [0.25, 0.3) is 33.4 Å². The fourth-order valence-corrected chi connectivity index (χ4v) is 9.21. The van der Waals surface area contributed by atoms with E-state index in [0.29, 0.717) is 91.5 Å². The summed E-state index contributed by atoms with van der Waals surface area (Å²) in [5.74, 6) is 4.54. The first-order valence-electron chi connectivity index (χ1n) is 22.7. The van der Waals surface area contributed by atoms with Crippen LogP contribution in [0.3, 0.4) is 0 Å². The fraction of sp³-hybridized carbons (Fsp3) is 0.429. The summed E-state index contributed by atoms with van der Waals surface area (Å²) in [6.07, 6.45) is 9.13. The van der Waals surface area contributed by atoms with Gasteiger partial charge in [-0.3, -0.25) is 34.4 Å². The highest BCUT2D eigenvalue weighted by Crippen LogP contribution is 2.33. The Kier molecular flexibility index (Phi) is 13.4. The number of benzene rings is 3. The Morgan fingerprint density at radius 1 is 0.924 bits per heavy atom. The Bertz CT molecular complexity index is 2630. The van der Waals surface area contributed by atoms with Crippen molar-refractivity contribution >= 4 is 34.6 Å². The van der Waals surface area contributed by atoms with Gasteiger partial charge < -0.3 is 24.4 Å². The number of aliphatic hydroxyl groups is 1. The highest BCUT2D eigenvalue weighted by Gasteiger charge is 2.40. The molecule has 0 aliphatic carbocycles. The van der Waals surface area contributed by atoms with Gasteiger partial charge in [-0.1, -0.05) is 24.0 Å². The second-order valence-corrected chi connectivity index (χ2v) is 17.6. The van der Waals surface area contributed by atoms with E-state index in [1.54, 1.807) is 48.5 Å². The molecule has 2 aromatic heterocycles. The van der Waals surface area contributed by atoms with Gasteiger partial charge in [-0.15, -0.1) is 0 Å². The largest absolute Gasteiger partial charge is 0.481 e. The molecule has 0 saturated carbocycles. The lowest BCUT2D eigenvalue weighted by atomic mass is 9.99. The van der Waals surface area contributed by atoms with E-state index in [-0.39, 0.29) is 43.1 Å². The van der Waals surface area contributed by atoms with E-state index in [1.165, 1.54) is 17.0 Å². The second-order valence-electron chi connectivity index (χ2n) is 17.6. The number of nitrogens with one attached hydrogen (secondary N) is 1. The van der Waals surface area contributed by atoms with Gasteiger partial charge in [-0.05, 0) is 93.6 Å². The number of piperidine rings is 2.